The fourth-order valence-corrected chi connectivity index (χ4v) is 2.50. The molecule has 20 heavy (non-hydrogen) atoms. The van der Waals surface area contributed by atoms with Gasteiger partial charge in [-0.3, -0.25) is 9.59 Å². The number of hydrogen-bond donors (Lipinski definition) is 1. The third-order valence-corrected chi connectivity index (χ3v) is 3.37. The summed E-state index contributed by atoms with van der Waals surface area (Å²) in [5.74, 6) is -1.10. The van der Waals surface area contributed by atoms with Crippen LogP contribution in [-0.4, -0.2) is 36.7 Å². The van der Waals surface area contributed by atoms with Gasteiger partial charge in [0.05, 0.1) is 6.42 Å². The van der Waals surface area contributed by atoms with E-state index in [1.54, 1.807) is 4.90 Å². The Hall–Kier alpha value is -1.88. The lowest BCUT2D eigenvalue weighted by Crippen LogP contribution is -2.33. The second kappa shape index (κ2) is 6.52. The normalized spacial score (nSPS) is 17.1. The Labute approximate surface area is 118 Å². The molecule has 1 N–H and O–H groups in total. The van der Waals surface area contributed by atoms with Crippen molar-refractivity contribution in [2.45, 2.75) is 25.7 Å². The van der Waals surface area contributed by atoms with Crippen LogP contribution in [0, 0.1) is 0 Å². The van der Waals surface area contributed by atoms with Gasteiger partial charge in [-0.05, 0) is 18.1 Å². The van der Waals surface area contributed by atoms with Crippen LogP contribution in [0.5, 0.6) is 0 Å². The standard InChI is InChI=1S/C15H19NO4/c1-2-7-20-10-14(17)16-9-11(8-15(18)19)12-5-3-4-6-13(12)16/h3-6,11H,2,7-10H2,1H3,(H,18,19). The van der Waals surface area contributed by atoms with E-state index >= 15 is 0 Å². The summed E-state index contributed by atoms with van der Waals surface area (Å²) < 4.78 is 5.28. The van der Waals surface area contributed by atoms with E-state index in [0.717, 1.165) is 17.7 Å². The highest BCUT2D eigenvalue weighted by Gasteiger charge is 2.33. The van der Waals surface area contributed by atoms with E-state index in [2.05, 4.69) is 0 Å². The first kappa shape index (κ1) is 14.5. The number of para-hydroxylation sites is 1. The fourth-order valence-electron chi connectivity index (χ4n) is 2.50. The quantitative estimate of drug-likeness (QED) is 0.808. The molecule has 0 saturated carbocycles. The maximum absolute atomic E-state index is 12.2. The van der Waals surface area contributed by atoms with E-state index in [-0.39, 0.29) is 24.9 Å². The first-order valence-corrected chi connectivity index (χ1v) is 6.82. The largest absolute Gasteiger partial charge is 0.481 e. The fraction of sp³-hybridized carbons (Fsp3) is 0.467. The van der Waals surface area contributed by atoms with Gasteiger partial charge in [-0.25, -0.2) is 0 Å². The lowest BCUT2D eigenvalue weighted by Gasteiger charge is -2.17. The Kier molecular flexibility index (Phi) is 4.74. The van der Waals surface area contributed by atoms with Gasteiger partial charge in [-0.15, -0.1) is 0 Å². The Morgan fingerprint density at radius 2 is 2.15 bits per heavy atom. The Bertz CT molecular complexity index is 500. The lowest BCUT2D eigenvalue weighted by atomic mass is 9.98. The zero-order valence-electron chi connectivity index (χ0n) is 11.5. The number of fused-ring (bicyclic) bond motifs is 1. The highest BCUT2D eigenvalue weighted by atomic mass is 16.5. The number of rotatable bonds is 6. The molecule has 0 radical (unpaired) electrons. The predicted molar refractivity (Wildman–Crippen MR) is 74.9 cm³/mol. The number of carbonyl (C=O) groups is 2. The van der Waals surface area contributed by atoms with Gasteiger partial charge < -0.3 is 14.7 Å². The SMILES string of the molecule is CCCOCC(=O)N1CC(CC(=O)O)c2ccccc21. The van der Waals surface area contributed by atoms with Crippen molar-refractivity contribution in [3.05, 3.63) is 29.8 Å². The number of carboxylic acids is 1. The van der Waals surface area contributed by atoms with Crippen molar-refractivity contribution < 1.29 is 19.4 Å². The maximum Gasteiger partial charge on any atom is 0.304 e. The van der Waals surface area contributed by atoms with Crippen LogP contribution in [0.1, 0.15) is 31.2 Å². The molecule has 1 aromatic carbocycles. The van der Waals surface area contributed by atoms with Gasteiger partial charge in [0.2, 0.25) is 0 Å². The lowest BCUT2D eigenvalue weighted by molar-refractivity contribution is -0.137. The molecule has 1 aliphatic heterocycles. The summed E-state index contributed by atoms with van der Waals surface area (Å²) in [5, 5.41) is 8.97. The molecule has 0 bridgehead atoms. The highest BCUT2D eigenvalue weighted by molar-refractivity contribution is 5.97. The Balaban J connectivity index is 2.12. The van der Waals surface area contributed by atoms with E-state index in [9.17, 15) is 9.59 Å². The van der Waals surface area contributed by atoms with Crippen LogP contribution in [-0.2, 0) is 14.3 Å². The zero-order chi connectivity index (χ0) is 14.5. The molecule has 5 nitrogen and oxygen atoms in total. The molecular weight excluding hydrogens is 258 g/mol. The summed E-state index contributed by atoms with van der Waals surface area (Å²) in [5.41, 5.74) is 1.74. The van der Waals surface area contributed by atoms with Crippen LogP contribution in [0.15, 0.2) is 24.3 Å². The molecule has 0 aliphatic carbocycles. The number of aliphatic carboxylic acids is 1. The second-order valence-electron chi connectivity index (χ2n) is 4.91. The number of amides is 1. The molecule has 1 aliphatic rings. The maximum atomic E-state index is 12.2. The van der Waals surface area contributed by atoms with Crippen LogP contribution in [0.2, 0.25) is 0 Å². The Morgan fingerprint density at radius 1 is 1.40 bits per heavy atom. The van der Waals surface area contributed by atoms with E-state index in [4.69, 9.17) is 9.84 Å². The van der Waals surface area contributed by atoms with E-state index in [1.165, 1.54) is 0 Å². The van der Waals surface area contributed by atoms with Gasteiger partial charge in [-0.1, -0.05) is 25.1 Å². The molecule has 1 heterocycles. The van der Waals surface area contributed by atoms with Crippen molar-refractivity contribution in [3.8, 4) is 0 Å². The molecule has 5 heteroatoms. The van der Waals surface area contributed by atoms with Crippen molar-refractivity contribution in [2.24, 2.45) is 0 Å². The van der Waals surface area contributed by atoms with Gasteiger partial charge in [-0.2, -0.15) is 0 Å². The highest BCUT2D eigenvalue weighted by Crippen LogP contribution is 2.37. The van der Waals surface area contributed by atoms with E-state index in [0.29, 0.717) is 13.2 Å². The molecule has 0 saturated heterocycles. The minimum absolute atomic E-state index is 0.0383. The summed E-state index contributed by atoms with van der Waals surface area (Å²) in [4.78, 5) is 24.7. The van der Waals surface area contributed by atoms with E-state index < -0.39 is 5.97 Å². The van der Waals surface area contributed by atoms with Crippen molar-refractivity contribution in [1.29, 1.82) is 0 Å². The molecule has 1 aromatic rings. The third kappa shape index (κ3) is 3.17. The molecule has 1 unspecified atom stereocenters. The van der Waals surface area contributed by atoms with Crippen molar-refractivity contribution in [3.63, 3.8) is 0 Å². The van der Waals surface area contributed by atoms with Crippen molar-refractivity contribution in [1.82, 2.24) is 0 Å². The van der Waals surface area contributed by atoms with Crippen molar-refractivity contribution in [2.75, 3.05) is 24.7 Å². The minimum atomic E-state index is -0.846. The van der Waals surface area contributed by atoms with Gasteiger partial charge in [0.25, 0.3) is 5.91 Å². The number of carboxylic acid groups (broad SMARTS) is 1. The summed E-state index contributed by atoms with van der Waals surface area (Å²) >= 11 is 0. The number of carbonyl (C=O) groups excluding carboxylic acids is 1. The van der Waals surface area contributed by atoms with Crippen LogP contribution in [0.4, 0.5) is 5.69 Å². The summed E-state index contributed by atoms with van der Waals surface area (Å²) in [6.07, 6.45) is 0.905. The third-order valence-electron chi connectivity index (χ3n) is 3.37. The number of benzene rings is 1. The predicted octanol–water partition coefficient (Wildman–Crippen LogP) is 2.02. The van der Waals surface area contributed by atoms with Gasteiger partial charge in [0.1, 0.15) is 6.61 Å². The topological polar surface area (TPSA) is 66.8 Å². The number of ether oxygens (including phenoxy) is 1. The summed E-state index contributed by atoms with van der Waals surface area (Å²) in [6, 6.07) is 7.47. The molecule has 0 aromatic heterocycles. The van der Waals surface area contributed by atoms with Gasteiger partial charge in [0, 0.05) is 24.8 Å². The first-order valence-electron chi connectivity index (χ1n) is 6.82. The average Bonchev–Trinajstić information content (AvgIpc) is 2.78. The van der Waals surface area contributed by atoms with Gasteiger partial charge >= 0.3 is 5.97 Å². The van der Waals surface area contributed by atoms with Crippen LogP contribution in [0.3, 0.4) is 0 Å². The van der Waals surface area contributed by atoms with Crippen molar-refractivity contribution >= 4 is 17.6 Å². The molecule has 1 amide bonds. The number of hydrogen-bond acceptors (Lipinski definition) is 3. The smallest absolute Gasteiger partial charge is 0.304 e. The zero-order valence-corrected chi connectivity index (χ0v) is 11.5. The summed E-state index contributed by atoms with van der Waals surface area (Å²) in [6.45, 7) is 3.00. The first-order chi connectivity index (χ1) is 9.63. The summed E-state index contributed by atoms with van der Waals surface area (Å²) in [7, 11) is 0. The average molecular weight is 277 g/mol. The van der Waals surface area contributed by atoms with Crippen LogP contribution in [0.25, 0.3) is 0 Å². The van der Waals surface area contributed by atoms with Gasteiger partial charge in [0.15, 0.2) is 0 Å². The van der Waals surface area contributed by atoms with Crippen LogP contribution < -0.4 is 4.90 Å². The molecule has 1 atom stereocenters. The molecule has 0 fully saturated rings. The number of nitrogens with zero attached hydrogens (tertiary/aromatic N) is 1. The number of anilines is 1. The van der Waals surface area contributed by atoms with Crippen LogP contribution >= 0.6 is 0 Å². The van der Waals surface area contributed by atoms with E-state index in [1.807, 2.05) is 31.2 Å². The second-order valence-corrected chi connectivity index (χ2v) is 4.91. The Morgan fingerprint density at radius 3 is 2.85 bits per heavy atom. The monoisotopic (exact) mass is 277 g/mol. The molecule has 2 rings (SSSR count). The molecular formula is C15H19NO4. The molecule has 108 valence electrons. The minimum Gasteiger partial charge on any atom is -0.481 e. The molecule has 0 spiro atoms.